The first-order chi connectivity index (χ1) is 10.2. The van der Waals surface area contributed by atoms with Crippen LogP contribution in [-0.2, 0) is 0 Å². The first kappa shape index (κ1) is 14.2. The standard InChI is InChI=1S/C16H21NO4/c1-20-14-5-3-4-11(15(14)21-2)16(19)17-8-10-6-7-13(18)12(10)9-17/h3-5,10,12-13,18H,6-9H2,1-2H3. The lowest BCUT2D eigenvalue weighted by atomic mass is 10.00. The number of aliphatic hydroxyl groups is 1. The number of nitrogens with zero attached hydrogens (tertiary/aromatic N) is 1. The van der Waals surface area contributed by atoms with Crippen LogP contribution in [0, 0.1) is 11.8 Å². The predicted octanol–water partition coefficient (Wildman–Crippen LogP) is 1.55. The summed E-state index contributed by atoms with van der Waals surface area (Å²) in [5.74, 6) is 1.64. The lowest BCUT2D eigenvalue weighted by Crippen LogP contribution is -2.31. The average Bonchev–Trinajstić information content (AvgIpc) is 3.08. The Balaban J connectivity index is 1.83. The highest BCUT2D eigenvalue weighted by atomic mass is 16.5. The van der Waals surface area contributed by atoms with E-state index in [2.05, 4.69) is 0 Å². The van der Waals surface area contributed by atoms with Crippen LogP contribution in [0.5, 0.6) is 11.5 Å². The molecule has 114 valence electrons. The van der Waals surface area contributed by atoms with Gasteiger partial charge in [0.2, 0.25) is 0 Å². The maximum Gasteiger partial charge on any atom is 0.257 e. The monoisotopic (exact) mass is 291 g/mol. The van der Waals surface area contributed by atoms with Gasteiger partial charge in [-0.15, -0.1) is 0 Å². The van der Waals surface area contributed by atoms with Crippen LogP contribution in [0.15, 0.2) is 18.2 Å². The molecule has 3 rings (SSSR count). The molecule has 1 heterocycles. The number of fused-ring (bicyclic) bond motifs is 1. The van der Waals surface area contributed by atoms with Gasteiger partial charge in [-0.25, -0.2) is 0 Å². The van der Waals surface area contributed by atoms with E-state index in [1.54, 1.807) is 25.3 Å². The van der Waals surface area contributed by atoms with Crippen LogP contribution in [0.25, 0.3) is 0 Å². The molecular weight excluding hydrogens is 270 g/mol. The van der Waals surface area contributed by atoms with E-state index in [-0.39, 0.29) is 17.9 Å². The van der Waals surface area contributed by atoms with Gasteiger partial charge in [-0.3, -0.25) is 4.79 Å². The Morgan fingerprint density at radius 2 is 2.05 bits per heavy atom. The molecule has 2 aliphatic rings. The summed E-state index contributed by atoms with van der Waals surface area (Å²) in [6.07, 6.45) is 1.60. The van der Waals surface area contributed by atoms with Crippen molar-refractivity contribution in [2.45, 2.75) is 18.9 Å². The quantitative estimate of drug-likeness (QED) is 0.918. The SMILES string of the molecule is COc1cccc(C(=O)N2CC3CCC(O)C3C2)c1OC. The molecular formula is C16H21NO4. The van der Waals surface area contributed by atoms with Crippen LogP contribution in [0.4, 0.5) is 0 Å². The molecule has 0 radical (unpaired) electrons. The molecule has 1 saturated carbocycles. The molecule has 3 unspecified atom stereocenters. The number of hydrogen-bond acceptors (Lipinski definition) is 4. The fourth-order valence-electron chi connectivity index (χ4n) is 3.63. The second kappa shape index (κ2) is 5.56. The summed E-state index contributed by atoms with van der Waals surface area (Å²) in [7, 11) is 3.10. The van der Waals surface area contributed by atoms with Crippen LogP contribution in [0.3, 0.4) is 0 Å². The van der Waals surface area contributed by atoms with E-state index in [0.717, 1.165) is 19.4 Å². The summed E-state index contributed by atoms with van der Waals surface area (Å²) in [6, 6.07) is 5.33. The van der Waals surface area contributed by atoms with Crippen molar-refractivity contribution in [3.8, 4) is 11.5 Å². The number of carbonyl (C=O) groups excluding carboxylic acids is 1. The molecule has 0 spiro atoms. The van der Waals surface area contributed by atoms with Crippen molar-refractivity contribution in [2.24, 2.45) is 11.8 Å². The third-order valence-corrected chi connectivity index (χ3v) is 4.74. The Labute approximate surface area is 124 Å². The summed E-state index contributed by atoms with van der Waals surface area (Å²) in [4.78, 5) is 14.6. The Morgan fingerprint density at radius 1 is 1.24 bits per heavy atom. The third kappa shape index (κ3) is 2.35. The Bertz CT molecular complexity index is 545. The highest BCUT2D eigenvalue weighted by Crippen LogP contribution is 2.39. The molecule has 0 aromatic heterocycles. The van der Waals surface area contributed by atoms with Crippen molar-refractivity contribution >= 4 is 5.91 Å². The van der Waals surface area contributed by atoms with E-state index in [4.69, 9.17) is 9.47 Å². The fraction of sp³-hybridized carbons (Fsp3) is 0.562. The van der Waals surface area contributed by atoms with Gasteiger partial charge >= 0.3 is 0 Å². The van der Waals surface area contributed by atoms with Gasteiger partial charge in [0.15, 0.2) is 11.5 Å². The van der Waals surface area contributed by atoms with Crippen molar-refractivity contribution in [3.63, 3.8) is 0 Å². The van der Waals surface area contributed by atoms with Crippen molar-refractivity contribution in [3.05, 3.63) is 23.8 Å². The summed E-state index contributed by atoms with van der Waals surface area (Å²) in [5.41, 5.74) is 0.520. The zero-order valence-corrected chi connectivity index (χ0v) is 12.4. The number of para-hydroxylation sites is 1. The van der Waals surface area contributed by atoms with Gasteiger partial charge in [-0.05, 0) is 30.9 Å². The molecule has 1 aliphatic carbocycles. The maximum atomic E-state index is 12.7. The number of likely N-dealkylation sites (tertiary alicyclic amines) is 1. The fourth-order valence-corrected chi connectivity index (χ4v) is 3.63. The van der Waals surface area contributed by atoms with Gasteiger partial charge in [0, 0.05) is 19.0 Å². The number of carbonyl (C=O) groups is 1. The normalized spacial score (nSPS) is 27.6. The molecule has 1 saturated heterocycles. The van der Waals surface area contributed by atoms with E-state index in [0.29, 0.717) is 29.5 Å². The average molecular weight is 291 g/mol. The number of methoxy groups -OCH3 is 2. The number of hydrogen-bond donors (Lipinski definition) is 1. The van der Waals surface area contributed by atoms with E-state index < -0.39 is 0 Å². The zero-order chi connectivity index (χ0) is 15.0. The van der Waals surface area contributed by atoms with Crippen molar-refractivity contribution in [1.29, 1.82) is 0 Å². The summed E-state index contributed by atoms with van der Waals surface area (Å²) < 4.78 is 10.6. The van der Waals surface area contributed by atoms with Crippen LogP contribution >= 0.6 is 0 Å². The second-order valence-corrected chi connectivity index (χ2v) is 5.82. The van der Waals surface area contributed by atoms with Crippen molar-refractivity contribution < 1.29 is 19.4 Å². The molecule has 5 heteroatoms. The van der Waals surface area contributed by atoms with Crippen LogP contribution in [-0.4, -0.2) is 49.3 Å². The number of amides is 1. The largest absolute Gasteiger partial charge is 0.493 e. The Hall–Kier alpha value is -1.75. The first-order valence-electron chi connectivity index (χ1n) is 7.34. The number of aliphatic hydroxyl groups excluding tert-OH is 1. The summed E-state index contributed by atoms with van der Waals surface area (Å²) >= 11 is 0. The van der Waals surface area contributed by atoms with Gasteiger partial charge in [0.1, 0.15) is 0 Å². The maximum absolute atomic E-state index is 12.7. The molecule has 21 heavy (non-hydrogen) atoms. The number of rotatable bonds is 3. The lowest BCUT2D eigenvalue weighted by molar-refractivity contribution is 0.0748. The first-order valence-corrected chi connectivity index (χ1v) is 7.34. The molecule has 1 N–H and O–H groups in total. The smallest absolute Gasteiger partial charge is 0.257 e. The van der Waals surface area contributed by atoms with Gasteiger partial charge in [0.05, 0.1) is 25.9 Å². The molecule has 1 amide bonds. The van der Waals surface area contributed by atoms with Crippen molar-refractivity contribution in [1.82, 2.24) is 4.90 Å². The molecule has 1 aromatic rings. The number of ether oxygens (including phenoxy) is 2. The summed E-state index contributed by atoms with van der Waals surface area (Å²) in [6.45, 7) is 1.35. The van der Waals surface area contributed by atoms with Gasteiger partial charge in [0.25, 0.3) is 5.91 Å². The van der Waals surface area contributed by atoms with E-state index >= 15 is 0 Å². The molecule has 2 fully saturated rings. The Morgan fingerprint density at radius 3 is 2.71 bits per heavy atom. The molecule has 1 aliphatic heterocycles. The van der Waals surface area contributed by atoms with E-state index in [1.165, 1.54) is 7.11 Å². The van der Waals surface area contributed by atoms with Crippen molar-refractivity contribution in [2.75, 3.05) is 27.3 Å². The minimum absolute atomic E-state index is 0.0487. The van der Waals surface area contributed by atoms with Gasteiger partial charge in [-0.2, -0.15) is 0 Å². The minimum atomic E-state index is -0.264. The lowest BCUT2D eigenvalue weighted by Gasteiger charge is -2.20. The van der Waals surface area contributed by atoms with E-state index in [1.807, 2.05) is 4.90 Å². The predicted molar refractivity (Wildman–Crippen MR) is 77.7 cm³/mol. The second-order valence-electron chi connectivity index (χ2n) is 5.82. The molecule has 1 aromatic carbocycles. The van der Waals surface area contributed by atoms with Gasteiger partial charge in [-0.1, -0.05) is 6.07 Å². The highest BCUT2D eigenvalue weighted by molar-refractivity contribution is 5.98. The van der Waals surface area contributed by atoms with E-state index in [9.17, 15) is 9.90 Å². The minimum Gasteiger partial charge on any atom is -0.493 e. The molecule has 0 bridgehead atoms. The topological polar surface area (TPSA) is 59.0 Å². The van der Waals surface area contributed by atoms with Crippen LogP contribution in [0.1, 0.15) is 23.2 Å². The molecule has 5 nitrogen and oxygen atoms in total. The highest BCUT2D eigenvalue weighted by Gasteiger charge is 2.43. The zero-order valence-electron chi connectivity index (χ0n) is 12.4. The summed E-state index contributed by atoms with van der Waals surface area (Å²) in [5, 5.41) is 9.97. The Kier molecular flexibility index (Phi) is 3.76. The van der Waals surface area contributed by atoms with Crippen LogP contribution < -0.4 is 9.47 Å². The third-order valence-electron chi connectivity index (χ3n) is 4.74. The van der Waals surface area contributed by atoms with Crippen LogP contribution in [0.2, 0.25) is 0 Å². The van der Waals surface area contributed by atoms with Gasteiger partial charge < -0.3 is 19.5 Å². The molecule has 3 atom stereocenters. The number of benzene rings is 1.